The summed E-state index contributed by atoms with van der Waals surface area (Å²) < 4.78 is 43.9. The van der Waals surface area contributed by atoms with Crippen LogP contribution < -0.4 is 4.73 Å². The average molecular weight is 353 g/mol. The van der Waals surface area contributed by atoms with Crippen LogP contribution in [0.1, 0.15) is 11.5 Å². The van der Waals surface area contributed by atoms with E-state index in [9.17, 15) is 18.4 Å². The maximum absolute atomic E-state index is 12.7. The van der Waals surface area contributed by atoms with Crippen molar-refractivity contribution in [2.24, 2.45) is 0 Å². The molecule has 0 saturated heterocycles. The summed E-state index contributed by atoms with van der Waals surface area (Å²) in [6.07, 6.45) is -3.07. The number of thioether (sulfide) groups is 1. The van der Waals surface area contributed by atoms with Crippen molar-refractivity contribution >= 4 is 11.8 Å². The van der Waals surface area contributed by atoms with E-state index in [1.165, 1.54) is 30.1 Å². The Morgan fingerprint density at radius 2 is 2.00 bits per heavy atom. The minimum absolute atomic E-state index is 0.0692. The van der Waals surface area contributed by atoms with Crippen LogP contribution in [-0.2, 0) is 11.9 Å². The van der Waals surface area contributed by atoms with E-state index in [1.807, 2.05) is 0 Å². The molecule has 9 heteroatoms. The van der Waals surface area contributed by atoms with Crippen molar-refractivity contribution in [3.8, 4) is 11.4 Å². The van der Waals surface area contributed by atoms with Gasteiger partial charge in [0.2, 0.25) is 11.7 Å². The van der Waals surface area contributed by atoms with Gasteiger partial charge in [-0.3, -0.25) is 0 Å². The van der Waals surface area contributed by atoms with Gasteiger partial charge >= 0.3 is 6.18 Å². The Balaban J connectivity index is 1.75. The lowest BCUT2D eigenvalue weighted by Gasteiger charge is -2.06. The van der Waals surface area contributed by atoms with Crippen LogP contribution in [0.4, 0.5) is 13.2 Å². The smallest absolute Gasteiger partial charge is 0.416 e. The van der Waals surface area contributed by atoms with Crippen LogP contribution in [0.15, 0.2) is 58.2 Å². The number of rotatable bonds is 4. The molecule has 1 aromatic carbocycles. The predicted molar refractivity (Wildman–Crippen MR) is 79.7 cm³/mol. The second kappa shape index (κ2) is 6.52. The van der Waals surface area contributed by atoms with Gasteiger partial charge in [-0.05, 0) is 30.0 Å². The minimum Gasteiger partial charge on any atom is -0.618 e. The molecule has 0 fully saturated rings. The van der Waals surface area contributed by atoms with Crippen LogP contribution in [0, 0.1) is 5.21 Å². The molecule has 124 valence electrons. The third-order valence-corrected chi connectivity index (χ3v) is 4.05. The summed E-state index contributed by atoms with van der Waals surface area (Å²) in [6, 6.07) is 9.66. The van der Waals surface area contributed by atoms with Crippen LogP contribution in [-0.4, -0.2) is 10.1 Å². The zero-order chi connectivity index (χ0) is 17.2. The highest BCUT2D eigenvalue weighted by Crippen LogP contribution is 2.31. The highest BCUT2D eigenvalue weighted by molar-refractivity contribution is 7.98. The summed E-state index contributed by atoms with van der Waals surface area (Å²) in [7, 11) is 0. The van der Waals surface area contributed by atoms with E-state index in [0.717, 1.165) is 12.1 Å². The molecule has 3 rings (SSSR count). The molecule has 0 bridgehead atoms. The molecule has 0 radical (unpaired) electrons. The van der Waals surface area contributed by atoms with Gasteiger partial charge in [-0.25, -0.2) is 0 Å². The fourth-order valence-electron chi connectivity index (χ4n) is 1.93. The maximum Gasteiger partial charge on any atom is 0.416 e. The van der Waals surface area contributed by atoms with Gasteiger partial charge in [0, 0.05) is 17.7 Å². The van der Waals surface area contributed by atoms with Gasteiger partial charge in [-0.1, -0.05) is 17.3 Å². The number of benzene rings is 1. The molecule has 0 aliphatic rings. The van der Waals surface area contributed by atoms with Gasteiger partial charge in [0.15, 0.2) is 6.20 Å². The monoisotopic (exact) mass is 353 g/mol. The van der Waals surface area contributed by atoms with Gasteiger partial charge in [0.25, 0.3) is 5.03 Å². The lowest BCUT2D eigenvalue weighted by Crippen LogP contribution is -2.27. The SMILES string of the molecule is [O-][n+]1ccccc1SCc1nc(-c2cccc(C(F)(F)F)c2)no1. The van der Waals surface area contributed by atoms with Crippen molar-refractivity contribution in [3.63, 3.8) is 0 Å². The molecule has 0 atom stereocenters. The number of halogens is 3. The topological polar surface area (TPSA) is 65.9 Å². The predicted octanol–water partition coefficient (Wildman–Crippen LogP) is 3.68. The Labute approximate surface area is 138 Å². The summed E-state index contributed by atoms with van der Waals surface area (Å²) >= 11 is 1.19. The Hall–Kier alpha value is -2.55. The summed E-state index contributed by atoms with van der Waals surface area (Å²) in [5.74, 6) is 0.522. The van der Waals surface area contributed by atoms with E-state index in [4.69, 9.17) is 4.52 Å². The Kier molecular flexibility index (Phi) is 4.43. The van der Waals surface area contributed by atoms with E-state index < -0.39 is 11.7 Å². The molecule has 2 heterocycles. The van der Waals surface area contributed by atoms with Gasteiger partial charge < -0.3 is 9.73 Å². The molecule has 0 aliphatic heterocycles. The normalized spacial score (nSPS) is 11.6. The van der Waals surface area contributed by atoms with Crippen LogP contribution in [0.3, 0.4) is 0 Å². The van der Waals surface area contributed by atoms with Crippen LogP contribution >= 0.6 is 11.8 Å². The van der Waals surface area contributed by atoms with Crippen LogP contribution in [0.5, 0.6) is 0 Å². The number of hydrogen-bond acceptors (Lipinski definition) is 5. The van der Waals surface area contributed by atoms with Crippen molar-refractivity contribution < 1.29 is 22.4 Å². The second-order valence-corrected chi connectivity index (χ2v) is 5.74. The number of alkyl halides is 3. The van der Waals surface area contributed by atoms with Crippen molar-refractivity contribution in [2.45, 2.75) is 17.0 Å². The fraction of sp³-hybridized carbons (Fsp3) is 0.133. The maximum atomic E-state index is 12.7. The lowest BCUT2D eigenvalue weighted by atomic mass is 10.1. The fourth-order valence-corrected chi connectivity index (χ4v) is 2.68. The quantitative estimate of drug-likeness (QED) is 0.407. The molecule has 24 heavy (non-hydrogen) atoms. The second-order valence-electron chi connectivity index (χ2n) is 4.74. The zero-order valence-corrected chi connectivity index (χ0v) is 12.8. The first kappa shape index (κ1) is 16.3. The first-order chi connectivity index (χ1) is 11.4. The molecule has 0 saturated carbocycles. The molecule has 0 unspecified atom stereocenters. The van der Waals surface area contributed by atoms with Gasteiger partial charge in [0.05, 0.1) is 11.3 Å². The summed E-state index contributed by atoms with van der Waals surface area (Å²) in [5.41, 5.74) is -0.569. The Morgan fingerprint density at radius 1 is 1.17 bits per heavy atom. The Morgan fingerprint density at radius 3 is 2.75 bits per heavy atom. The van der Waals surface area contributed by atoms with Gasteiger partial charge in [0.1, 0.15) is 0 Å². The summed E-state index contributed by atoms with van der Waals surface area (Å²) in [5, 5.41) is 15.7. The third-order valence-electron chi connectivity index (χ3n) is 3.05. The van der Waals surface area contributed by atoms with E-state index in [2.05, 4.69) is 10.1 Å². The van der Waals surface area contributed by atoms with E-state index in [0.29, 0.717) is 9.76 Å². The van der Waals surface area contributed by atoms with Gasteiger partial charge in [-0.2, -0.15) is 22.9 Å². The van der Waals surface area contributed by atoms with Crippen LogP contribution in [0.2, 0.25) is 0 Å². The van der Waals surface area contributed by atoms with Crippen molar-refractivity contribution in [1.82, 2.24) is 10.1 Å². The molecule has 0 amide bonds. The number of aromatic nitrogens is 3. The first-order valence-corrected chi connectivity index (χ1v) is 7.73. The third kappa shape index (κ3) is 3.67. The highest BCUT2D eigenvalue weighted by Gasteiger charge is 2.30. The first-order valence-electron chi connectivity index (χ1n) is 6.75. The molecular formula is C15H10F3N3O2S. The summed E-state index contributed by atoms with van der Waals surface area (Å²) in [4.78, 5) is 4.07. The zero-order valence-electron chi connectivity index (χ0n) is 12.0. The molecule has 0 N–H and O–H groups in total. The number of nitrogens with zero attached hydrogens (tertiary/aromatic N) is 3. The lowest BCUT2D eigenvalue weighted by molar-refractivity contribution is -0.645. The standard InChI is InChI=1S/C15H10F3N3O2S/c16-15(17,18)11-5-3-4-10(8-11)14-19-12(23-20-14)9-24-13-6-1-2-7-21(13)22/h1-8H,9H2. The highest BCUT2D eigenvalue weighted by atomic mass is 32.2. The minimum atomic E-state index is -4.44. The molecular weight excluding hydrogens is 343 g/mol. The average Bonchev–Trinajstić information content (AvgIpc) is 3.02. The molecule has 0 aliphatic carbocycles. The molecule has 5 nitrogen and oxygen atoms in total. The molecule has 0 spiro atoms. The number of hydrogen-bond donors (Lipinski definition) is 0. The van der Waals surface area contributed by atoms with Gasteiger partial charge in [-0.15, -0.1) is 0 Å². The van der Waals surface area contributed by atoms with Crippen LogP contribution in [0.25, 0.3) is 11.4 Å². The van der Waals surface area contributed by atoms with E-state index >= 15 is 0 Å². The van der Waals surface area contributed by atoms with Crippen molar-refractivity contribution in [1.29, 1.82) is 0 Å². The molecule has 2 aromatic heterocycles. The Bertz CT molecular complexity index is 852. The van der Waals surface area contributed by atoms with Crippen molar-refractivity contribution in [2.75, 3.05) is 0 Å². The van der Waals surface area contributed by atoms with E-state index in [-0.39, 0.29) is 23.0 Å². The van der Waals surface area contributed by atoms with E-state index in [1.54, 1.807) is 18.2 Å². The summed E-state index contributed by atoms with van der Waals surface area (Å²) in [6.45, 7) is 0. The number of pyridine rings is 1. The largest absolute Gasteiger partial charge is 0.618 e. The molecule has 3 aromatic rings. The van der Waals surface area contributed by atoms with Crippen molar-refractivity contribution in [3.05, 3.63) is 65.3 Å².